The average molecular weight is 571 g/mol. The minimum atomic E-state index is -1.46. The van der Waals surface area contributed by atoms with Gasteiger partial charge in [-0.1, -0.05) is 0 Å². The summed E-state index contributed by atoms with van der Waals surface area (Å²) in [6.07, 6.45) is 5.63. The standard InChI is InChI=1S/C23H38N8O7S/c24-6-2-1-4-15(23(37)38)28-22(36)18(11-39)31-21(35)17(10-32)30-20(34)16(8-13-9-25-12-27-13)29-19(33)14-5-3-7-26-14/h9,12,14-18,26,32,39H,1-8,10-11,24H2,(H,25,27)(H,28,36)(H,29,33)(H,30,34)(H,31,35)(H,37,38)/t14-,15-,16-,17-,18-/m0/s1. The maximum atomic E-state index is 13.1. The van der Waals surface area contributed by atoms with Crippen molar-refractivity contribution in [3.05, 3.63) is 18.2 Å². The lowest BCUT2D eigenvalue weighted by atomic mass is 10.1. The fourth-order valence-corrected chi connectivity index (χ4v) is 4.22. The van der Waals surface area contributed by atoms with Crippen molar-refractivity contribution in [3.8, 4) is 0 Å². The van der Waals surface area contributed by atoms with Crippen LogP contribution in [0.2, 0.25) is 0 Å². The molecule has 1 aromatic rings. The first kappa shape index (κ1) is 32.0. The first-order chi connectivity index (χ1) is 18.7. The minimum absolute atomic E-state index is 0.0481. The molecular formula is C23H38N8O7S. The number of nitrogens with two attached hydrogens (primary N) is 1. The summed E-state index contributed by atoms with van der Waals surface area (Å²) in [4.78, 5) is 69.5. The van der Waals surface area contributed by atoms with E-state index in [1.165, 1.54) is 12.5 Å². The summed E-state index contributed by atoms with van der Waals surface area (Å²) in [5.74, 6) is -4.19. The molecule has 10 N–H and O–H groups in total. The number of nitrogens with one attached hydrogen (secondary N) is 6. The third-order valence-corrected chi connectivity index (χ3v) is 6.55. The van der Waals surface area contributed by atoms with Crippen LogP contribution in [0.15, 0.2) is 12.5 Å². The molecule has 5 atom stereocenters. The molecule has 2 rings (SSSR count). The van der Waals surface area contributed by atoms with Gasteiger partial charge in [-0.2, -0.15) is 12.6 Å². The normalized spacial score (nSPS) is 17.9. The summed E-state index contributed by atoms with van der Waals surface area (Å²) < 4.78 is 0. The lowest BCUT2D eigenvalue weighted by molar-refractivity contribution is -0.142. The predicted molar refractivity (Wildman–Crippen MR) is 143 cm³/mol. The van der Waals surface area contributed by atoms with Crippen LogP contribution in [0, 0.1) is 0 Å². The Bertz CT molecular complexity index is 958. The van der Waals surface area contributed by atoms with Crippen LogP contribution in [0.1, 0.15) is 37.8 Å². The van der Waals surface area contributed by atoms with Crippen LogP contribution in [0.3, 0.4) is 0 Å². The second-order valence-corrected chi connectivity index (χ2v) is 9.53. The van der Waals surface area contributed by atoms with Crippen LogP contribution in [0.25, 0.3) is 0 Å². The zero-order valence-electron chi connectivity index (χ0n) is 21.5. The van der Waals surface area contributed by atoms with Gasteiger partial charge in [0.05, 0.1) is 19.0 Å². The summed E-state index contributed by atoms with van der Waals surface area (Å²) in [5, 5.41) is 32.1. The molecule has 4 amide bonds. The summed E-state index contributed by atoms with van der Waals surface area (Å²) in [7, 11) is 0. The molecule has 16 heteroatoms. The quantitative estimate of drug-likeness (QED) is 0.0663. The van der Waals surface area contributed by atoms with E-state index in [9.17, 15) is 34.2 Å². The molecule has 15 nitrogen and oxygen atoms in total. The van der Waals surface area contributed by atoms with Gasteiger partial charge >= 0.3 is 5.97 Å². The van der Waals surface area contributed by atoms with Crippen LogP contribution in [-0.2, 0) is 30.4 Å². The summed E-state index contributed by atoms with van der Waals surface area (Å²) >= 11 is 4.07. The van der Waals surface area contributed by atoms with Gasteiger partial charge in [0.25, 0.3) is 0 Å². The van der Waals surface area contributed by atoms with E-state index < -0.39 is 60.5 Å². The van der Waals surface area contributed by atoms with Crippen molar-refractivity contribution in [2.75, 3.05) is 25.4 Å². The fraction of sp³-hybridized carbons (Fsp3) is 0.652. The van der Waals surface area contributed by atoms with E-state index in [4.69, 9.17) is 5.73 Å². The molecule has 0 unspecified atom stereocenters. The number of H-pyrrole nitrogens is 1. The fourth-order valence-electron chi connectivity index (χ4n) is 3.96. The predicted octanol–water partition coefficient (Wildman–Crippen LogP) is -3.22. The van der Waals surface area contributed by atoms with Gasteiger partial charge in [-0.15, -0.1) is 0 Å². The van der Waals surface area contributed by atoms with Crippen molar-refractivity contribution < 1.29 is 34.2 Å². The van der Waals surface area contributed by atoms with Gasteiger partial charge in [0.1, 0.15) is 24.2 Å². The molecule has 39 heavy (non-hydrogen) atoms. The Balaban J connectivity index is 2.02. The van der Waals surface area contributed by atoms with Gasteiger partial charge in [-0.25, -0.2) is 9.78 Å². The first-order valence-corrected chi connectivity index (χ1v) is 13.4. The Morgan fingerprint density at radius 3 is 2.26 bits per heavy atom. The number of rotatable bonds is 17. The molecule has 218 valence electrons. The van der Waals surface area contributed by atoms with E-state index in [0.717, 1.165) is 6.42 Å². The maximum absolute atomic E-state index is 13.1. The number of carboxylic acid groups (broad SMARTS) is 1. The molecular weight excluding hydrogens is 532 g/mol. The van der Waals surface area contributed by atoms with Crippen LogP contribution >= 0.6 is 12.6 Å². The van der Waals surface area contributed by atoms with E-state index in [-0.39, 0.29) is 24.5 Å². The number of hydrogen-bond donors (Lipinski definition) is 10. The Kier molecular flexibility index (Phi) is 13.7. The number of nitrogens with zero attached hydrogens (tertiary/aromatic N) is 1. The lowest BCUT2D eigenvalue weighted by Gasteiger charge is -2.25. The third kappa shape index (κ3) is 10.5. The summed E-state index contributed by atoms with van der Waals surface area (Å²) in [6, 6.07) is -5.41. The summed E-state index contributed by atoms with van der Waals surface area (Å²) in [6.45, 7) is 0.265. The van der Waals surface area contributed by atoms with Gasteiger partial charge in [-0.05, 0) is 45.2 Å². The van der Waals surface area contributed by atoms with Crippen LogP contribution < -0.4 is 32.3 Å². The minimum Gasteiger partial charge on any atom is -0.480 e. The Morgan fingerprint density at radius 2 is 1.69 bits per heavy atom. The van der Waals surface area contributed by atoms with Crippen molar-refractivity contribution >= 4 is 42.2 Å². The highest BCUT2D eigenvalue weighted by Crippen LogP contribution is 2.07. The van der Waals surface area contributed by atoms with Gasteiger partial charge in [0, 0.05) is 24.1 Å². The average Bonchev–Trinajstić information content (AvgIpc) is 3.63. The molecule has 1 saturated heterocycles. The Hall–Kier alpha value is -3.21. The molecule has 0 spiro atoms. The number of unbranched alkanes of at least 4 members (excludes halogenated alkanes) is 1. The van der Waals surface area contributed by atoms with E-state index >= 15 is 0 Å². The van der Waals surface area contributed by atoms with E-state index in [1.807, 2.05) is 0 Å². The highest BCUT2D eigenvalue weighted by atomic mass is 32.1. The van der Waals surface area contributed by atoms with Crippen molar-refractivity contribution in [1.29, 1.82) is 0 Å². The maximum Gasteiger partial charge on any atom is 0.326 e. The number of carbonyl (C=O) groups is 5. The molecule has 0 aromatic carbocycles. The number of carbonyl (C=O) groups excluding carboxylic acids is 4. The van der Waals surface area contributed by atoms with E-state index in [2.05, 4.69) is 49.2 Å². The van der Waals surface area contributed by atoms with Crippen LogP contribution in [-0.4, -0.2) is 105 Å². The molecule has 1 fully saturated rings. The van der Waals surface area contributed by atoms with Gasteiger partial charge in [-0.3, -0.25) is 19.2 Å². The third-order valence-electron chi connectivity index (χ3n) is 6.18. The molecule has 1 aliphatic heterocycles. The molecule has 0 bridgehead atoms. The largest absolute Gasteiger partial charge is 0.480 e. The number of aromatic nitrogens is 2. The Labute approximate surface area is 231 Å². The first-order valence-electron chi connectivity index (χ1n) is 12.8. The second kappa shape index (κ2) is 16.7. The van der Waals surface area contributed by atoms with Crippen LogP contribution in [0.4, 0.5) is 0 Å². The number of hydrogen-bond acceptors (Lipinski definition) is 10. The topological polar surface area (TPSA) is 241 Å². The van der Waals surface area contributed by atoms with Gasteiger partial charge in [0.2, 0.25) is 23.6 Å². The van der Waals surface area contributed by atoms with Crippen LogP contribution in [0.5, 0.6) is 0 Å². The van der Waals surface area contributed by atoms with E-state index in [1.54, 1.807) is 0 Å². The number of imidazole rings is 1. The number of thiol groups is 1. The number of amides is 4. The van der Waals surface area contributed by atoms with Crippen molar-refractivity contribution in [1.82, 2.24) is 36.6 Å². The molecule has 1 aliphatic rings. The number of aromatic amines is 1. The highest BCUT2D eigenvalue weighted by Gasteiger charge is 2.32. The molecule has 0 aliphatic carbocycles. The smallest absolute Gasteiger partial charge is 0.326 e. The zero-order chi connectivity index (χ0) is 28.8. The number of aliphatic hydroxyl groups excluding tert-OH is 1. The second-order valence-electron chi connectivity index (χ2n) is 9.16. The SMILES string of the molecule is NCCCC[C@H](NC(=O)[C@H](CS)NC(=O)[C@H](CO)NC(=O)[C@H](Cc1cnc[nH]1)NC(=O)[C@@H]1CCCN1)C(=O)O. The lowest BCUT2D eigenvalue weighted by Crippen LogP contribution is -2.60. The molecule has 0 saturated carbocycles. The molecule has 0 radical (unpaired) electrons. The highest BCUT2D eigenvalue weighted by molar-refractivity contribution is 7.80. The summed E-state index contributed by atoms with van der Waals surface area (Å²) in [5.41, 5.74) is 5.99. The zero-order valence-corrected chi connectivity index (χ0v) is 22.4. The Morgan fingerprint density at radius 1 is 1.03 bits per heavy atom. The molecule has 1 aromatic heterocycles. The van der Waals surface area contributed by atoms with Crippen molar-refractivity contribution in [2.24, 2.45) is 5.73 Å². The number of aliphatic hydroxyl groups is 1. The van der Waals surface area contributed by atoms with Gasteiger partial charge in [0.15, 0.2) is 0 Å². The van der Waals surface area contributed by atoms with Crippen molar-refractivity contribution in [3.63, 3.8) is 0 Å². The number of carboxylic acids is 1. The van der Waals surface area contributed by atoms with Gasteiger partial charge < -0.3 is 47.5 Å². The van der Waals surface area contributed by atoms with Crippen molar-refractivity contribution in [2.45, 2.75) is 68.7 Å². The van der Waals surface area contributed by atoms with E-state index in [0.29, 0.717) is 38.0 Å². The molecule has 2 heterocycles. The monoisotopic (exact) mass is 570 g/mol. The number of aliphatic carboxylic acids is 1.